The molecule has 0 heterocycles. The number of rotatable bonds is 4. The number of hydrogen-bond acceptors (Lipinski definition) is 4. The highest BCUT2D eigenvalue weighted by Crippen LogP contribution is 2.26. The summed E-state index contributed by atoms with van der Waals surface area (Å²) in [7, 11) is 3.03. The van der Waals surface area contributed by atoms with Crippen molar-refractivity contribution in [2.24, 2.45) is 5.73 Å². The molecule has 0 saturated heterocycles. The number of carbonyl (C=O) groups excluding carboxylic acids is 1. The molecule has 5 heteroatoms. The van der Waals surface area contributed by atoms with Crippen LogP contribution in [0, 0.1) is 11.8 Å². The Kier molecular flexibility index (Phi) is 5.56. The molecule has 0 radical (unpaired) electrons. The van der Waals surface area contributed by atoms with E-state index in [0.29, 0.717) is 11.4 Å². The summed E-state index contributed by atoms with van der Waals surface area (Å²) in [6.07, 6.45) is 0. The lowest BCUT2D eigenvalue weighted by Crippen LogP contribution is -2.38. The first kappa shape index (κ1) is 16.0. The molecule has 0 aromatic heterocycles. The van der Waals surface area contributed by atoms with E-state index in [9.17, 15) is 4.79 Å². The van der Waals surface area contributed by atoms with Crippen molar-refractivity contribution in [3.63, 3.8) is 0 Å². The highest BCUT2D eigenvalue weighted by molar-refractivity contribution is 5.98. The maximum Gasteiger partial charge on any atom is 0.256 e. The van der Waals surface area contributed by atoms with Gasteiger partial charge in [0.25, 0.3) is 5.91 Å². The van der Waals surface area contributed by atoms with E-state index < -0.39 is 5.60 Å². The Morgan fingerprint density at radius 2 is 2.10 bits per heavy atom. The van der Waals surface area contributed by atoms with Crippen LogP contribution >= 0.6 is 0 Å². The van der Waals surface area contributed by atoms with Gasteiger partial charge in [-0.3, -0.25) is 4.79 Å². The van der Waals surface area contributed by atoms with Gasteiger partial charge in [-0.15, -0.1) is 0 Å². The number of ether oxygens (including phenoxy) is 2. The van der Waals surface area contributed by atoms with E-state index in [-0.39, 0.29) is 12.5 Å². The van der Waals surface area contributed by atoms with Crippen LogP contribution in [0.15, 0.2) is 18.2 Å². The third kappa shape index (κ3) is 3.98. The van der Waals surface area contributed by atoms with Gasteiger partial charge in [0.1, 0.15) is 11.4 Å². The molecular weight excluding hydrogens is 256 g/mol. The second-order valence-electron chi connectivity index (χ2n) is 4.59. The lowest BCUT2D eigenvalue weighted by atomic mass is 10.1. The lowest BCUT2D eigenvalue weighted by molar-refractivity contribution is -0.133. The van der Waals surface area contributed by atoms with Gasteiger partial charge in [-0.25, -0.2) is 0 Å². The van der Waals surface area contributed by atoms with Gasteiger partial charge in [-0.1, -0.05) is 11.8 Å². The number of benzene rings is 1. The van der Waals surface area contributed by atoms with Crippen LogP contribution in [-0.4, -0.2) is 32.3 Å². The molecule has 0 saturated carbocycles. The highest BCUT2D eigenvalue weighted by atomic mass is 16.5. The molecule has 1 rings (SSSR count). The number of nitrogens with two attached hydrogens (primary N) is 1. The normalized spacial score (nSPS) is 10.4. The van der Waals surface area contributed by atoms with Gasteiger partial charge in [0.05, 0.1) is 19.3 Å². The smallest absolute Gasteiger partial charge is 0.256 e. The number of carbonyl (C=O) groups is 1. The summed E-state index contributed by atoms with van der Waals surface area (Å²) in [5.74, 6) is 5.97. The Balaban J connectivity index is 3.06. The minimum atomic E-state index is -0.927. The molecule has 5 nitrogen and oxygen atoms in total. The summed E-state index contributed by atoms with van der Waals surface area (Å²) in [6.45, 7) is 3.66. The molecule has 0 aliphatic rings. The lowest BCUT2D eigenvalue weighted by Gasteiger charge is -2.22. The second-order valence-corrected chi connectivity index (χ2v) is 4.59. The third-order valence-corrected chi connectivity index (χ3v) is 2.84. The molecule has 0 spiro atoms. The molecule has 0 fully saturated rings. The largest absolute Gasteiger partial charge is 0.495 e. The number of nitrogens with one attached hydrogen (secondary N) is 1. The first-order chi connectivity index (χ1) is 9.44. The molecule has 0 aliphatic heterocycles. The zero-order chi connectivity index (χ0) is 15.2. The minimum absolute atomic E-state index is 0.262. The molecule has 1 aromatic carbocycles. The molecule has 0 atom stereocenters. The van der Waals surface area contributed by atoms with Crippen LogP contribution in [0.2, 0.25) is 0 Å². The number of hydrogen-bond donors (Lipinski definition) is 2. The molecule has 0 aliphatic carbocycles. The summed E-state index contributed by atoms with van der Waals surface area (Å²) in [4.78, 5) is 12.1. The summed E-state index contributed by atoms with van der Waals surface area (Å²) in [5.41, 5.74) is 5.71. The Bertz CT molecular complexity index is 542. The molecule has 1 amide bonds. The quantitative estimate of drug-likeness (QED) is 0.815. The predicted molar refractivity (Wildman–Crippen MR) is 78.6 cm³/mol. The maximum absolute atomic E-state index is 12.1. The van der Waals surface area contributed by atoms with Crippen molar-refractivity contribution >= 4 is 11.6 Å². The minimum Gasteiger partial charge on any atom is -0.495 e. The van der Waals surface area contributed by atoms with Crippen LogP contribution in [0.4, 0.5) is 5.69 Å². The molecule has 108 valence electrons. The first-order valence-electron chi connectivity index (χ1n) is 6.18. The van der Waals surface area contributed by atoms with E-state index in [0.717, 1.165) is 5.56 Å². The van der Waals surface area contributed by atoms with Gasteiger partial charge >= 0.3 is 0 Å². The fraction of sp³-hybridized carbons (Fsp3) is 0.400. The van der Waals surface area contributed by atoms with Crippen molar-refractivity contribution in [1.29, 1.82) is 0 Å². The van der Waals surface area contributed by atoms with Gasteiger partial charge in [0.15, 0.2) is 0 Å². The van der Waals surface area contributed by atoms with E-state index in [2.05, 4.69) is 17.2 Å². The SMILES string of the molecule is COc1ccc(C#CCN)cc1NC(=O)C(C)(C)OC. The van der Waals surface area contributed by atoms with E-state index in [4.69, 9.17) is 15.2 Å². The number of anilines is 1. The third-order valence-electron chi connectivity index (χ3n) is 2.84. The zero-order valence-electron chi connectivity index (χ0n) is 12.2. The van der Waals surface area contributed by atoms with E-state index in [1.807, 2.05) is 0 Å². The topological polar surface area (TPSA) is 73.6 Å². The molecular formula is C15H20N2O3. The fourth-order valence-electron chi connectivity index (χ4n) is 1.40. The van der Waals surface area contributed by atoms with Crippen molar-refractivity contribution in [3.05, 3.63) is 23.8 Å². The van der Waals surface area contributed by atoms with Crippen LogP contribution < -0.4 is 15.8 Å². The van der Waals surface area contributed by atoms with Crippen LogP contribution in [0.25, 0.3) is 0 Å². The Morgan fingerprint density at radius 1 is 1.40 bits per heavy atom. The predicted octanol–water partition coefficient (Wildman–Crippen LogP) is 1.37. The summed E-state index contributed by atoms with van der Waals surface area (Å²) in [6, 6.07) is 5.29. The Morgan fingerprint density at radius 3 is 2.65 bits per heavy atom. The molecule has 20 heavy (non-hydrogen) atoms. The number of amides is 1. The number of methoxy groups -OCH3 is 2. The summed E-state index contributed by atoms with van der Waals surface area (Å²) >= 11 is 0. The van der Waals surface area contributed by atoms with Gasteiger partial charge in [0, 0.05) is 12.7 Å². The van der Waals surface area contributed by atoms with Crippen molar-refractivity contribution in [2.75, 3.05) is 26.1 Å². The first-order valence-corrected chi connectivity index (χ1v) is 6.18. The molecule has 1 aromatic rings. The van der Waals surface area contributed by atoms with Gasteiger partial charge in [-0.05, 0) is 32.0 Å². The molecule has 3 N–H and O–H groups in total. The van der Waals surface area contributed by atoms with Crippen molar-refractivity contribution in [3.8, 4) is 17.6 Å². The van der Waals surface area contributed by atoms with Crippen LogP contribution in [0.1, 0.15) is 19.4 Å². The van der Waals surface area contributed by atoms with E-state index >= 15 is 0 Å². The van der Waals surface area contributed by atoms with E-state index in [1.54, 1.807) is 32.0 Å². The maximum atomic E-state index is 12.1. The average molecular weight is 276 g/mol. The monoisotopic (exact) mass is 276 g/mol. The highest BCUT2D eigenvalue weighted by Gasteiger charge is 2.27. The van der Waals surface area contributed by atoms with Crippen molar-refractivity contribution in [1.82, 2.24) is 0 Å². The van der Waals surface area contributed by atoms with Crippen LogP contribution in [-0.2, 0) is 9.53 Å². The van der Waals surface area contributed by atoms with Crippen molar-refractivity contribution in [2.45, 2.75) is 19.4 Å². The van der Waals surface area contributed by atoms with Crippen LogP contribution in [0.3, 0.4) is 0 Å². The van der Waals surface area contributed by atoms with Crippen LogP contribution in [0.5, 0.6) is 5.75 Å². The summed E-state index contributed by atoms with van der Waals surface area (Å²) < 4.78 is 10.4. The Labute approximate surface area is 119 Å². The van der Waals surface area contributed by atoms with Crippen molar-refractivity contribution < 1.29 is 14.3 Å². The standard InChI is InChI=1S/C15H20N2O3/c1-15(2,20-4)14(18)17-12-10-11(6-5-9-16)7-8-13(12)19-3/h7-8,10H,9,16H2,1-4H3,(H,17,18). The summed E-state index contributed by atoms with van der Waals surface area (Å²) in [5, 5.41) is 2.78. The second kappa shape index (κ2) is 6.94. The average Bonchev–Trinajstić information content (AvgIpc) is 2.45. The fourth-order valence-corrected chi connectivity index (χ4v) is 1.40. The zero-order valence-corrected chi connectivity index (χ0v) is 12.2. The van der Waals surface area contributed by atoms with Gasteiger partial charge in [-0.2, -0.15) is 0 Å². The molecule has 0 unspecified atom stereocenters. The Hall–Kier alpha value is -2.03. The van der Waals surface area contributed by atoms with Gasteiger partial charge in [0.2, 0.25) is 0 Å². The van der Waals surface area contributed by atoms with E-state index in [1.165, 1.54) is 14.2 Å². The molecule has 0 bridgehead atoms. The van der Waals surface area contributed by atoms with Gasteiger partial charge < -0.3 is 20.5 Å².